The van der Waals surface area contributed by atoms with Gasteiger partial charge in [-0.1, -0.05) is 17.7 Å². The average Bonchev–Trinajstić information content (AvgIpc) is 2.70. The Kier molecular flexibility index (Phi) is 8.73. The maximum absolute atomic E-state index is 13.6. The van der Waals surface area contributed by atoms with Gasteiger partial charge in [0.05, 0.1) is 18.8 Å². The summed E-state index contributed by atoms with van der Waals surface area (Å²) >= 11 is 5.74. The number of carbonyl (C=O) groups is 2. The molecular weight excluding hydrogens is 401 g/mol. The van der Waals surface area contributed by atoms with Crippen LogP contribution in [0.2, 0.25) is 5.02 Å². The Morgan fingerprint density at radius 3 is 2.48 bits per heavy atom. The first-order valence-electron chi connectivity index (χ1n) is 9.22. The van der Waals surface area contributed by atoms with Gasteiger partial charge in [0.25, 0.3) is 5.91 Å². The van der Waals surface area contributed by atoms with Crippen molar-refractivity contribution in [3.8, 4) is 11.5 Å². The van der Waals surface area contributed by atoms with Crippen molar-refractivity contribution >= 4 is 23.5 Å². The highest BCUT2D eigenvalue weighted by Gasteiger charge is 2.15. The van der Waals surface area contributed by atoms with Crippen LogP contribution in [0.25, 0.3) is 0 Å². The first-order chi connectivity index (χ1) is 13.9. The van der Waals surface area contributed by atoms with Crippen LogP contribution in [0.3, 0.4) is 0 Å². The largest absolute Gasteiger partial charge is 0.490 e. The lowest BCUT2D eigenvalue weighted by Gasteiger charge is -2.12. The van der Waals surface area contributed by atoms with E-state index >= 15 is 0 Å². The third kappa shape index (κ3) is 6.94. The fourth-order valence-electron chi connectivity index (χ4n) is 2.51. The van der Waals surface area contributed by atoms with Crippen LogP contribution in [0.1, 0.15) is 29.8 Å². The predicted octanol–water partition coefficient (Wildman–Crippen LogP) is 3.79. The SMILES string of the molecule is CCOc1ccc(CCNC(=O)COC(=O)c2cc(Cl)ccc2F)cc1OCC. The molecule has 0 saturated carbocycles. The molecule has 6 nitrogen and oxygen atoms in total. The molecule has 0 unspecified atom stereocenters. The summed E-state index contributed by atoms with van der Waals surface area (Å²) in [6.45, 7) is 4.65. The van der Waals surface area contributed by atoms with E-state index in [0.717, 1.165) is 17.7 Å². The summed E-state index contributed by atoms with van der Waals surface area (Å²) in [6.07, 6.45) is 0.551. The average molecular weight is 424 g/mol. The molecule has 0 fully saturated rings. The lowest BCUT2D eigenvalue weighted by atomic mass is 10.1. The maximum atomic E-state index is 13.6. The fourth-order valence-corrected chi connectivity index (χ4v) is 2.68. The third-order valence-electron chi connectivity index (χ3n) is 3.83. The van der Waals surface area contributed by atoms with E-state index in [2.05, 4.69) is 5.32 Å². The molecule has 0 radical (unpaired) electrons. The highest BCUT2D eigenvalue weighted by Crippen LogP contribution is 2.28. The second-order valence-corrected chi connectivity index (χ2v) is 6.38. The summed E-state index contributed by atoms with van der Waals surface area (Å²) < 4.78 is 29.5. The van der Waals surface area contributed by atoms with E-state index < -0.39 is 24.3 Å². The minimum atomic E-state index is -0.951. The summed E-state index contributed by atoms with van der Waals surface area (Å²) in [5.74, 6) is -0.886. The Hall–Kier alpha value is -2.80. The molecule has 2 aromatic rings. The molecule has 2 rings (SSSR count). The molecule has 29 heavy (non-hydrogen) atoms. The van der Waals surface area contributed by atoms with Crippen LogP contribution in [0, 0.1) is 5.82 Å². The monoisotopic (exact) mass is 423 g/mol. The minimum absolute atomic E-state index is 0.199. The summed E-state index contributed by atoms with van der Waals surface area (Å²) in [7, 11) is 0. The van der Waals surface area contributed by atoms with E-state index in [1.54, 1.807) is 0 Å². The zero-order chi connectivity index (χ0) is 21.2. The molecule has 0 heterocycles. The number of esters is 1. The maximum Gasteiger partial charge on any atom is 0.341 e. The molecule has 0 bridgehead atoms. The normalized spacial score (nSPS) is 10.3. The van der Waals surface area contributed by atoms with Crippen LogP contribution in [-0.2, 0) is 16.0 Å². The minimum Gasteiger partial charge on any atom is -0.490 e. The number of benzene rings is 2. The van der Waals surface area contributed by atoms with Crippen molar-refractivity contribution in [2.75, 3.05) is 26.4 Å². The number of hydrogen-bond acceptors (Lipinski definition) is 5. The number of rotatable bonds is 10. The molecule has 0 aromatic heterocycles. The van der Waals surface area contributed by atoms with E-state index in [9.17, 15) is 14.0 Å². The Morgan fingerprint density at radius 2 is 1.76 bits per heavy atom. The highest BCUT2D eigenvalue weighted by atomic mass is 35.5. The van der Waals surface area contributed by atoms with Crippen molar-refractivity contribution in [2.45, 2.75) is 20.3 Å². The summed E-state index contributed by atoms with van der Waals surface area (Å²) in [5.41, 5.74) is 0.637. The molecule has 2 aromatic carbocycles. The third-order valence-corrected chi connectivity index (χ3v) is 4.06. The van der Waals surface area contributed by atoms with Crippen LogP contribution >= 0.6 is 11.6 Å². The van der Waals surface area contributed by atoms with Gasteiger partial charge >= 0.3 is 5.97 Å². The smallest absolute Gasteiger partial charge is 0.341 e. The van der Waals surface area contributed by atoms with Gasteiger partial charge < -0.3 is 19.5 Å². The zero-order valence-corrected chi connectivity index (χ0v) is 17.1. The second kappa shape index (κ2) is 11.3. The van der Waals surface area contributed by atoms with Gasteiger partial charge in [0.15, 0.2) is 18.1 Å². The summed E-state index contributed by atoms with van der Waals surface area (Å²) in [6, 6.07) is 9.11. The van der Waals surface area contributed by atoms with Crippen LogP contribution in [0.4, 0.5) is 4.39 Å². The number of hydrogen-bond donors (Lipinski definition) is 1. The van der Waals surface area contributed by atoms with Gasteiger partial charge in [-0.25, -0.2) is 9.18 Å². The van der Waals surface area contributed by atoms with Crippen LogP contribution in [0.15, 0.2) is 36.4 Å². The molecule has 1 N–H and O–H groups in total. The first-order valence-corrected chi connectivity index (χ1v) is 9.59. The Morgan fingerprint density at radius 1 is 1.03 bits per heavy atom. The van der Waals surface area contributed by atoms with Gasteiger partial charge in [-0.05, 0) is 56.2 Å². The molecule has 0 spiro atoms. The van der Waals surface area contributed by atoms with Crippen LogP contribution in [0.5, 0.6) is 11.5 Å². The molecule has 0 aliphatic heterocycles. The Balaban J connectivity index is 1.81. The molecule has 0 aliphatic carbocycles. The van der Waals surface area contributed by atoms with E-state index in [4.69, 9.17) is 25.8 Å². The van der Waals surface area contributed by atoms with Gasteiger partial charge in [-0.2, -0.15) is 0 Å². The first kappa shape index (κ1) is 22.5. The van der Waals surface area contributed by atoms with Crippen LogP contribution < -0.4 is 14.8 Å². The Bertz CT molecular complexity index is 859. The summed E-state index contributed by atoms with van der Waals surface area (Å²) in [5, 5.41) is 2.85. The van der Waals surface area contributed by atoms with Crippen molar-refractivity contribution in [2.24, 2.45) is 0 Å². The Labute approximate surface area is 173 Å². The highest BCUT2D eigenvalue weighted by molar-refractivity contribution is 6.30. The zero-order valence-electron chi connectivity index (χ0n) is 16.3. The lowest BCUT2D eigenvalue weighted by Crippen LogP contribution is -2.30. The summed E-state index contributed by atoms with van der Waals surface area (Å²) in [4.78, 5) is 23.8. The number of ether oxygens (including phenoxy) is 3. The second-order valence-electron chi connectivity index (χ2n) is 5.95. The lowest BCUT2D eigenvalue weighted by molar-refractivity contribution is -0.124. The van der Waals surface area contributed by atoms with Crippen molar-refractivity contribution < 1.29 is 28.2 Å². The van der Waals surface area contributed by atoms with Gasteiger partial charge in [-0.15, -0.1) is 0 Å². The molecule has 0 atom stereocenters. The van der Waals surface area contributed by atoms with Gasteiger partial charge in [-0.3, -0.25) is 4.79 Å². The fraction of sp³-hybridized carbons (Fsp3) is 0.333. The van der Waals surface area contributed by atoms with Crippen molar-refractivity contribution in [1.29, 1.82) is 0 Å². The van der Waals surface area contributed by atoms with E-state index in [0.29, 0.717) is 37.7 Å². The predicted molar refractivity (Wildman–Crippen MR) is 107 cm³/mol. The van der Waals surface area contributed by atoms with E-state index in [1.807, 2.05) is 32.0 Å². The van der Waals surface area contributed by atoms with Gasteiger partial charge in [0.2, 0.25) is 0 Å². The topological polar surface area (TPSA) is 73.9 Å². The van der Waals surface area contributed by atoms with Crippen molar-refractivity contribution in [3.05, 3.63) is 58.4 Å². The van der Waals surface area contributed by atoms with E-state index in [1.165, 1.54) is 6.07 Å². The molecule has 0 saturated heterocycles. The molecule has 156 valence electrons. The van der Waals surface area contributed by atoms with Crippen molar-refractivity contribution in [1.82, 2.24) is 5.32 Å². The van der Waals surface area contributed by atoms with Crippen molar-refractivity contribution in [3.63, 3.8) is 0 Å². The van der Waals surface area contributed by atoms with Gasteiger partial charge in [0.1, 0.15) is 5.82 Å². The number of halogens is 2. The molecular formula is C21H23ClFNO5. The number of carbonyl (C=O) groups excluding carboxylic acids is 2. The quantitative estimate of drug-likeness (QED) is 0.588. The number of nitrogens with one attached hydrogen (secondary N) is 1. The standard InChI is InChI=1S/C21H23ClFNO5/c1-3-27-18-8-5-14(11-19(18)28-4-2)9-10-24-20(25)13-29-21(26)16-12-15(22)6-7-17(16)23/h5-8,11-12H,3-4,9-10,13H2,1-2H3,(H,24,25). The molecule has 0 aliphatic rings. The van der Waals surface area contributed by atoms with Gasteiger partial charge in [0, 0.05) is 11.6 Å². The molecule has 8 heteroatoms. The van der Waals surface area contributed by atoms with E-state index in [-0.39, 0.29) is 10.6 Å². The molecule has 1 amide bonds. The van der Waals surface area contributed by atoms with Crippen LogP contribution in [-0.4, -0.2) is 38.2 Å². The number of amides is 1.